The molecule has 1 unspecified atom stereocenters. The van der Waals surface area contributed by atoms with Gasteiger partial charge in [-0.25, -0.2) is 22.7 Å². The van der Waals surface area contributed by atoms with Crippen LogP contribution >= 0.6 is 0 Å². The molecule has 0 amide bonds. The molecule has 0 radical (unpaired) electrons. The second-order valence-corrected chi connectivity index (χ2v) is 8.67. The van der Waals surface area contributed by atoms with Crippen LogP contribution in [0.3, 0.4) is 0 Å². The summed E-state index contributed by atoms with van der Waals surface area (Å²) in [6, 6.07) is 8.65. The number of likely N-dealkylation sites (tertiary alicyclic amines) is 1. The zero-order valence-electron chi connectivity index (χ0n) is 19.0. The molecule has 0 aliphatic carbocycles. The molecule has 2 N–H and O–H groups in total. The molecule has 8 nitrogen and oxygen atoms in total. The molecule has 1 aliphatic rings. The molecule has 5 heterocycles. The van der Waals surface area contributed by atoms with Gasteiger partial charge in [-0.2, -0.15) is 0 Å². The summed E-state index contributed by atoms with van der Waals surface area (Å²) in [5.74, 6) is -2.65. The molecular formula is C23H23BF3N7O. The van der Waals surface area contributed by atoms with Crippen molar-refractivity contribution in [2.24, 2.45) is 0 Å². The Balaban J connectivity index is 1.54. The summed E-state index contributed by atoms with van der Waals surface area (Å²) in [4.78, 5) is 14.7. The molecule has 1 aliphatic heterocycles. The Morgan fingerprint density at radius 2 is 1.94 bits per heavy atom. The summed E-state index contributed by atoms with van der Waals surface area (Å²) < 4.78 is 43.0. The number of halogens is 3. The van der Waals surface area contributed by atoms with Crippen molar-refractivity contribution in [2.75, 3.05) is 25.0 Å². The Labute approximate surface area is 200 Å². The van der Waals surface area contributed by atoms with Gasteiger partial charge < -0.3 is 10.4 Å². The van der Waals surface area contributed by atoms with E-state index in [2.05, 4.69) is 25.4 Å². The Morgan fingerprint density at radius 1 is 1.14 bits per heavy atom. The Hall–Kier alpha value is -3.51. The molecule has 180 valence electrons. The highest BCUT2D eigenvalue weighted by molar-refractivity contribution is 6.30. The van der Waals surface area contributed by atoms with Crippen molar-refractivity contribution in [3.63, 3.8) is 0 Å². The molecule has 4 aromatic rings. The summed E-state index contributed by atoms with van der Waals surface area (Å²) in [6.07, 6.45) is 2.76. The third-order valence-corrected chi connectivity index (χ3v) is 6.06. The van der Waals surface area contributed by atoms with Crippen molar-refractivity contribution in [1.82, 2.24) is 29.5 Å². The lowest BCUT2D eigenvalue weighted by atomic mass is 10.0. The van der Waals surface area contributed by atoms with E-state index in [9.17, 15) is 18.3 Å². The van der Waals surface area contributed by atoms with Crippen LogP contribution < -0.4 is 10.9 Å². The number of alkyl halides is 2. The van der Waals surface area contributed by atoms with Crippen LogP contribution in [-0.2, 0) is 0 Å². The lowest BCUT2D eigenvalue weighted by Gasteiger charge is -2.32. The number of piperidine rings is 1. The minimum atomic E-state index is -2.66. The van der Waals surface area contributed by atoms with E-state index in [1.165, 1.54) is 12.3 Å². The zero-order chi connectivity index (χ0) is 24.6. The summed E-state index contributed by atoms with van der Waals surface area (Å²) in [6.45, 7) is 0.575. The number of anilines is 2. The quantitative estimate of drug-likeness (QED) is 0.408. The molecule has 0 aromatic carbocycles. The molecule has 4 aromatic heterocycles. The molecule has 5 rings (SSSR count). The van der Waals surface area contributed by atoms with Crippen LogP contribution in [0.25, 0.3) is 17.0 Å². The second kappa shape index (κ2) is 9.27. The van der Waals surface area contributed by atoms with Gasteiger partial charge in [0.2, 0.25) is 5.82 Å². The topological polar surface area (TPSA) is 91.5 Å². The highest BCUT2D eigenvalue weighted by Crippen LogP contribution is 2.32. The fourth-order valence-electron chi connectivity index (χ4n) is 4.19. The number of aliphatic hydroxyl groups excluding tert-OH is 1. The molecule has 12 heteroatoms. The smallest absolute Gasteiger partial charge is 0.250 e. The number of aromatic nitrogens is 5. The fourth-order valence-corrected chi connectivity index (χ4v) is 4.19. The SMILES string of the molecule is Bc1cccc(-c2nc(Nc3ccncc3F)c3c(C(O)CN4CCC(F)(F)CC4)ccn3n2)n1. The van der Waals surface area contributed by atoms with Crippen molar-refractivity contribution >= 4 is 30.5 Å². The van der Waals surface area contributed by atoms with Gasteiger partial charge in [0.25, 0.3) is 5.92 Å². The van der Waals surface area contributed by atoms with Crippen LogP contribution in [0.1, 0.15) is 24.5 Å². The number of fused-ring (bicyclic) bond motifs is 1. The van der Waals surface area contributed by atoms with Crippen molar-refractivity contribution in [3.8, 4) is 11.5 Å². The van der Waals surface area contributed by atoms with Crippen molar-refractivity contribution in [1.29, 1.82) is 0 Å². The number of hydrogen-bond acceptors (Lipinski definition) is 7. The van der Waals surface area contributed by atoms with Crippen LogP contribution in [0.5, 0.6) is 0 Å². The first-order valence-corrected chi connectivity index (χ1v) is 11.3. The van der Waals surface area contributed by atoms with E-state index in [-0.39, 0.29) is 44.0 Å². The van der Waals surface area contributed by atoms with E-state index in [0.717, 1.165) is 11.8 Å². The molecule has 1 fully saturated rings. The average Bonchev–Trinajstić information content (AvgIpc) is 3.26. The first-order chi connectivity index (χ1) is 16.8. The van der Waals surface area contributed by atoms with Gasteiger partial charge >= 0.3 is 0 Å². The number of β-amino-alcohol motifs (C(OH)–C–C–N with tert-alkyl or cyclic N) is 1. The van der Waals surface area contributed by atoms with E-state index in [1.807, 2.05) is 24.9 Å². The standard InChI is InChI=1S/C23H23BF3N7O/c24-19-3-1-2-17(29-19)21-31-22(30-16-4-8-28-12-15(16)25)20-14(5-9-34(20)32-21)18(35)13-33-10-6-23(26,27)7-11-33/h1-5,8-9,12,18,35H,6-7,10-11,13,24H2,(H,28,30,31,32). The Kier molecular flexibility index (Phi) is 6.16. The van der Waals surface area contributed by atoms with Crippen LogP contribution in [0.15, 0.2) is 48.9 Å². The predicted octanol–water partition coefficient (Wildman–Crippen LogP) is 2.09. The van der Waals surface area contributed by atoms with E-state index < -0.39 is 17.8 Å². The predicted molar refractivity (Wildman–Crippen MR) is 127 cm³/mol. The maximum atomic E-state index is 14.4. The second-order valence-electron chi connectivity index (χ2n) is 8.67. The van der Waals surface area contributed by atoms with Crippen LogP contribution in [0, 0.1) is 5.82 Å². The van der Waals surface area contributed by atoms with Gasteiger partial charge in [0.05, 0.1) is 18.0 Å². The summed E-state index contributed by atoms with van der Waals surface area (Å²) >= 11 is 0. The zero-order valence-corrected chi connectivity index (χ0v) is 19.0. The number of nitrogens with zero attached hydrogens (tertiary/aromatic N) is 6. The highest BCUT2D eigenvalue weighted by atomic mass is 19.3. The van der Waals surface area contributed by atoms with Crippen LogP contribution in [0.4, 0.5) is 24.7 Å². The maximum Gasteiger partial charge on any atom is 0.250 e. The van der Waals surface area contributed by atoms with Crippen molar-refractivity contribution in [2.45, 2.75) is 24.9 Å². The van der Waals surface area contributed by atoms with Gasteiger partial charge in [0.15, 0.2) is 19.5 Å². The molecule has 0 bridgehead atoms. The maximum absolute atomic E-state index is 14.4. The Bertz CT molecular complexity index is 1360. The first-order valence-electron chi connectivity index (χ1n) is 11.3. The normalized spacial score (nSPS) is 16.9. The van der Waals surface area contributed by atoms with Crippen molar-refractivity contribution < 1.29 is 18.3 Å². The molecule has 1 atom stereocenters. The fraction of sp³-hybridized carbons (Fsp3) is 0.304. The summed E-state index contributed by atoms with van der Waals surface area (Å²) in [5.41, 5.74) is 2.44. The van der Waals surface area contributed by atoms with E-state index in [0.29, 0.717) is 22.6 Å². The van der Waals surface area contributed by atoms with E-state index in [4.69, 9.17) is 0 Å². The minimum absolute atomic E-state index is 0.156. The lowest BCUT2D eigenvalue weighted by molar-refractivity contribution is -0.0611. The molecule has 0 saturated carbocycles. The Morgan fingerprint density at radius 3 is 2.69 bits per heavy atom. The van der Waals surface area contributed by atoms with Gasteiger partial charge in [-0.15, -0.1) is 5.10 Å². The van der Waals surface area contributed by atoms with Gasteiger partial charge in [0, 0.05) is 50.4 Å². The number of pyridine rings is 2. The third kappa shape index (κ3) is 4.98. The molecule has 1 saturated heterocycles. The number of nitrogens with one attached hydrogen (secondary N) is 1. The van der Waals surface area contributed by atoms with Gasteiger partial charge in [-0.1, -0.05) is 12.1 Å². The van der Waals surface area contributed by atoms with Gasteiger partial charge in [0.1, 0.15) is 11.2 Å². The minimum Gasteiger partial charge on any atom is -0.387 e. The van der Waals surface area contributed by atoms with E-state index >= 15 is 0 Å². The summed E-state index contributed by atoms with van der Waals surface area (Å²) in [7, 11) is 1.86. The molecular weight excluding hydrogens is 458 g/mol. The van der Waals surface area contributed by atoms with Gasteiger partial charge in [-0.3, -0.25) is 14.9 Å². The third-order valence-electron chi connectivity index (χ3n) is 6.06. The number of rotatable bonds is 6. The highest BCUT2D eigenvalue weighted by Gasteiger charge is 2.34. The number of hydrogen-bond donors (Lipinski definition) is 2. The first kappa shape index (κ1) is 23.2. The lowest BCUT2D eigenvalue weighted by Crippen LogP contribution is -2.41. The molecule has 35 heavy (non-hydrogen) atoms. The van der Waals surface area contributed by atoms with E-state index in [1.54, 1.807) is 22.8 Å². The average molecular weight is 481 g/mol. The van der Waals surface area contributed by atoms with Crippen LogP contribution in [-0.4, -0.2) is 68.0 Å². The van der Waals surface area contributed by atoms with Crippen LogP contribution in [0.2, 0.25) is 0 Å². The number of aliphatic hydroxyl groups is 1. The largest absolute Gasteiger partial charge is 0.387 e. The summed E-state index contributed by atoms with van der Waals surface area (Å²) in [5, 5.41) is 18.6. The monoisotopic (exact) mass is 481 g/mol. The molecule has 0 spiro atoms. The van der Waals surface area contributed by atoms with Gasteiger partial charge in [-0.05, 0) is 23.8 Å². The van der Waals surface area contributed by atoms with Crippen molar-refractivity contribution in [3.05, 3.63) is 60.3 Å².